The average Bonchev–Trinajstić information content (AvgIpc) is 2.64. The van der Waals surface area contributed by atoms with E-state index in [0.29, 0.717) is 17.3 Å². The van der Waals surface area contributed by atoms with Crippen molar-refractivity contribution in [2.75, 3.05) is 13.1 Å². The van der Waals surface area contributed by atoms with Gasteiger partial charge in [0.15, 0.2) is 0 Å². The molecule has 0 bridgehead atoms. The predicted octanol–water partition coefficient (Wildman–Crippen LogP) is 2.71. The molecule has 2 amide bonds. The van der Waals surface area contributed by atoms with Gasteiger partial charge in [-0.1, -0.05) is 43.7 Å². The lowest BCUT2D eigenvalue weighted by molar-refractivity contribution is -0.126. The van der Waals surface area contributed by atoms with Gasteiger partial charge in [-0.05, 0) is 26.2 Å². The monoisotopic (exact) mass is 316 g/mol. The molecule has 1 saturated heterocycles. The van der Waals surface area contributed by atoms with Gasteiger partial charge in [0.2, 0.25) is 11.8 Å². The summed E-state index contributed by atoms with van der Waals surface area (Å²) >= 11 is 6.64. The minimum absolute atomic E-state index is 0.0353. The Morgan fingerprint density at radius 3 is 2.70 bits per heavy atom. The van der Waals surface area contributed by atoms with Gasteiger partial charge in [0.1, 0.15) is 4.32 Å². The zero-order chi connectivity index (χ0) is 15.0. The highest BCUT2D eigenvalue weighted by Gasteiger charge is 2.32. The SMILES string of the molecule is CCCCNC(=O)CCCCCN1C(=O)C(C)SC1=S. The van der Waals surface area contributed by atoms with Gasteiger partial charge >= 0.3 is 0 Å². The van der Waals surface area contributed by atoms with E-state index in [1.54, 1.807) is 4.90 Å². The third kappa shape index (κ3) is 5.79. The Morgan fingerprint density at radius 2 is 2.10 bits per heavy atom. The molecule has 1 heterocycles. The van der Waals surface area contributed by atoms with E-state index in [-0.39, 0.29) is 17.1 Å². The van der Waals surface area contributed by atoms with Gasteiger partial charge in [0, 0.05) is 19.5 Å². The van der Waals surface area contributed by atoms with Crippen molar-refractivity contribution in [3.8, 4) is 0 Å². The summed E-state index contributed by atoms with van der Waals surface area (Å²) in [5, 5.41) is 2.87. The van der Waals surface area contributed by atoms with Crippen molar-refractivity contribution in [1.82, 2.24) is 10.2 Å². The van der Waals surface area contributed by atoms with Crippen LogP contribution < -0.4 is 5.32 Å². The maximum Gasteiger partial charge on any atom is 0.241 e. The zero-order valence-electron chi connectivity index (χ0n) is 12.3. The maximum absolute atomic E-state index is 11.8. The molecule has 4 nitrogen and oxygen atoms in total. The van der Waals surface area contributed by atoms with Crippen LogP contribution in [0.15, 0.2) is 0 Å². The molecule has 1 fully saturated rings. The normalized spacial score (nSPS) is 18.7. The van der Waals surface area contributed by atoms with Crippen LogP contribution in [-0.2, 0) is 9.59 Å². The molecule has 1 aliphatic heterocycles. The molecule has 1 rings (SSSR count). The van der Waals surface area contributed by atoms with Crippen LogP contribution in [0.5, 0.6) is 0 Å². The number of carbonyl (C=O) groups excluding carboxylic acids is 2. The van der Waals surface area contributed by atoms with Gasteiger partial charge in [-0.15, -0.1) is 0 Å². The van der Waals surface area contributed by atoms with E-state index >= 15 is 0 Å². The standard InChI is InChI=1S/C14H24N2O2S2/c1-3-4-9-15-12(17)8-6-5-7-10-16-13(18)11(2)20-14(16)19/h11H,3-10H2,1-2H3,(H,15,17). The second-order valence-corrected chi connectivity index (χ2v) is 7.00. The van der Waals surface area contributed by atoms with Crippen LogP contribution in [0.2, 0.25) is 0 Å². The Kier molecular flexibility index (Phi) is 8.14. The van der Waals surface area contributed by atoms with Crippen molar-refractivity contribution >= 4 is 40.1 Å². The lowest BCUT2D eigenvalue weighted by Crippen LogP contribution is -2.31. The smallest absolute Gasteiger partial charge is 0.241 e. The second kappa shape index (κ2) is 9.34. The molecule has 0 aromatic carbocycles. The Bertz CT molecular complexity index is 361. The molecule has 0 radical (unpaired) electrons. The minimum Gasteiger partial charge on any atom is -0.356 e. The molecule has 1 unspecified atom stereocenters. The summed E-state index contributed by atoms with van der Waals surface area (Å²) in [7, 11) is 0. The largest absolute Gasteiger partial charge is 0.356 e. The molecule has 0 saturated carbocycles. The van der Waals surface area contributed by atoms with Gasteiger partial charge in [0.25, 0.3) is 0 Å². The minimum atomic E-state index is -0.0353. The first-order valence-corrected chi connectivity index (χ1v) is 8.63. The summed E-state index contributed by atoms with van der Waals surface area (Å²) in [6.45, 7) is 5.46. The first kappa shape index (κ1) is 17.4. The van der Waals surface area contributed by atoms with Crippen LogP contribution >= 0.6 is 24.0 Å². The molecular formula is C14H24N2O2S2. The van der Waals surface area contributed by atoms with E-state index in [4.69, 9.17) is 12.2 Å². The van der Waals surface area contributed by atoms with Gasteiger partial charge in [-0.25, -0.2) is 0 Å². The van der Waals surface area contributed by atoms with E-state index in [1.165, 1.54) is 11.8 Å². The summed E-state index contributed by atoms with van der Waals surface area (Å²) in [6.07, 6.45) is 5.44. The first-order valence-electron chi connectivity index (χ1n) is 7.35. The molecule has 0 aromatic heterocycles. The van der Waals surface area contributed by atoms with Crippen molar-refractivity contribution in [3.05, 3.63) is 0 Å². The summed E-state index contributed by atoms with van der Waals surface area (Å²) in [5.41, 5.74) is 0. The van der Waals surface area contributed by atoms with Crippen LogP contribution in [0.1, 0.15) is 52.4 Å². The third-order valence-electron chi connectivity index (χ3n) is 3.25. The summed E-state index contributed by atoms with van der Waals surface area (Å²) in [5.74, 6) is 0.257. The molecule has 0 spiro atoms. The highest BCUT2D eigenvalue weighted by Crippen LogP contribution is 2.26. The molecule has 114 valence electrons. The number of hydrogen-bond donors (Lipinski definition) is 1. The topological polar surface area (TPSA) is 49.4 Å². The number of thioether (sulfide) groups is 1. The summed E-state index contributed by atoms with van der Waals surface area (Å²) in [4.78, 5) is 25.0. The number of thiocarbonyl (C=S) groups is 1. The molecule has 20 heavy (non-hydrogen) atoms. The molecule has 1 atom stereocenters. The van der Waals surface area contributed by atoms with E-state index in [1.807, 2.05) is 6.92 Å². The molecule has 1 aliphatic rings. The Hall–Kier alpha value is -0.620. The fourth-order valence-electron chi connectivity index (χ4n) is 2.00. The number of amides is 2. The fraction of sp³-hybridized carbons (Fsp3) is 0.786. The van der Waals surface area contributed by atoms with Crippen molar-refractivity contribution in [3.63, 3.8) is 0 Å². The van der Waals surface area contributed by atoms with E-state index < -0.39 is 0 Å². The lowest BCUT2D eigenvalue weighted by Gasteiger charge is -2.14. The van der Waals surface area contributed by atoms with Gasteiger partial charge in [-0.2, -0.15) is 0 Å². The average molecular weight is 316 g/mol. The molecular weight excluding hydrogens is 292 g/mol. The third-order valence-corrected chi connectivity index (χ3v) is 4.74. The van der Waals surface area contributed by atoms with Gasteiger partial charge < -0.3 is 5.32 Å². The number of rotatable bonds is 9. The van der Waals surface area contributed by atoms with E-state index in [0.717, 1.165) is 38.6 Å². The predicted molar refractivity (Wildman–Crippen MR) is 87.7 cm³/mol. The second-order valence-electron chi connectivity index (χ2n) is 5.03. The molecule has 1 N–H and O–H groups in total. The van der Waals surface area contributed by atoms with Gasteiger partial charge in [-0.3, -0.25) is 14.5 Å². The van der Waals surface area contributed by atoms with E-state index in [9.17, 15) is 9.59 Å². The summed E-state index contributed by atoms with van der Waals surface area (Å²) < 4.78 is 0.694. The Balaban J connectivity index is 2.06. The van der Waals surface area contributed by atoms with Gasteiger partial charge in [0.05, 0.1) is 5.25 Å². The molecule has 0 aromatic rings. The molecule has 6 heteroatoms. The highest BCUT2D eigenvalue weighted by molar-refractivity contribution is 8.24. The van der Waals surface area contributed by atoms with Crippen LogP contribution in [0, 0.1) is 0 Å². The van der Waals surface area contributed by atoms with Crippen molar-refractivity contribution < 1.29 is 9.59 Å². The van der Waals surface area contributed by atoms with Crippen LogP contribution in [0.25, 0.3) is 0 Å². The number of nitrogens with one attached hydrogen (secondary N) is 1. The van der Waals surface area contributed by atoms with Crippen LogP contribution in [-0.4, -0.2) is 39.4 Å². The van der Waals surface area contributed by atoms with Crippen molar-refractivity contribution in [2.45, 2.75) is 57.6 Å². The highest BCUT2D eigenvalue weighted by atomic mass is 32.2. The van der Waals surface area contributed by atoms with Crippen LogP contribution in [0.3, 0.4) is 0 Å². The Labute approximate surface area is 131 Å². The molecule has 0 aliphatic carbocycles. The Morgan fingerprint density at radius 1 is 1.35 bits per heavy atom. The summed E-state index contributed by atoms with van der Waals surface area (Å²) in [6, 6.07) is 0. The van der Waals surface area contributed by atoms with Crippen molar-refractivity contribution in [2.24, 2.45) is 0 Å². The van der Waals surface area contributed by atoms with Crippen molar-refractivity contribution in [1.29, 1.82) is 0 Å². The first-order chi connectivity index (χ1) is 9.56. The van der Waals surface area contributed by atoms with E-state index in [2.05, 4.69) is 12.2 Å². The lowest BCUT2D eigenvalue weighted by atomic mass is 10.2. The number of carbonyl (C=O) groups is 2. The number of unbranched alkanes of at least 4 members (excludes halogenated alkanes) is 3. The van der Waals surface area contributed by atoms with Crippen LogP contribution in [0.4, 0.5) is 0 Å². The zero-order valence-corrected chi connectivity index (χ0v) is 13.9. The number of nitrogens with zero attached hydrogens (tertiary/aromatic N) is 1. The maximum atomic E-state index is 11.8. The fourth-order valence-corrected chi connectivity index (χ4v) is 3.45. The quantitative estimate of drug-likeness (QED) is 0.525. The number of hydrogen-bond acceptors (Lipinski definition) is 4.